The highest BCUT2D eigenvalue weighted by molar-refractivity contribution is 7.99. The van der Waals surface area contributed by atoms with E-state index < -0.39 is 21.8 Å². The van der Waals surface area contributed by atoms with Crippen LogP contribution in [-0.4, -0.2) is 62.4 Å². The smallest absolute Gasteiger partial charge is 0.308 e. The molecule has 1 heterocycles. The van der Waals surface area contributed by atoms with Crippen LogP contribution in [0.4, 0.5) is 13.2 Å². The molecule has 1 aliphatic heterocycles. The zero-order valence-corrected chi connectivity index (χ0v) is 15.2. The average molecular weight is 382 g/mol. The highest BCUT2D eigenvalue weighted by Crippen LogP contribution is 2.31. The van der Waals surface area contributed by atoms with Crippen LogP contribution in [0.3, 0.4) is 0 Å². The van der Waals surface area contributed by atoms with E-state index in [0.29, 0.717) is 18.8 Å². The van der Waals surface area contributed by atoms with Gasteiger partial charge in [-0.15, -0.1) is 0 Å². The lowest BCUT2D eigenvalue weighted by molar-refractivity contribution is -0.137. The van der Waals surface area contributed by atoms with E-state index in [-0.39, 0.29) is 10.9 Å². The van der Waals surface area contributed by atoms with E-state index in [1.54, 1.807) is 11.8 Å². The normalized spacial score (nSPS) is 21.0. The maximum Gasteiger partial charge on any atom is 0.416 e. The molecule has 2 rings (SSSR count). The molecule has 0 aliphatic carbocycles. The summed E-state index contributed by atoms with van der Waals surface area (Å²) in [4.78, 5) is 1.83. The third-order valence-electron chi connectivity index (χ3n) is 3.75. The van der Waals surface area contributed by atoms with Crippen molar-refractivity contribution in [3.05, 3.63) is 29.8 Å². The van der Waals surface area contributed by atoms with Crippen LogP contribution in [-0.2, 0) is 16.2 Å². The lowest BCUT2D eigenvalue weighted by Crippen LogP contribution is -2.46. The standard InChI is InChI=1S/C15H21F3N2O2S2/c1-19(2)10-13-11-23-9-3-8-20(13)24(21,22)14-6-4-12(5-7-14)15(16,17)18/h4-7,13H,3,8-11H2,1-2H3/t13-/m0/s1. The molecular formula is C15H21F3N2O2S2. The molecule has 0 unspecified atom stereocenters. The van der Waals surface area contributed by atoms with Crippen molar-refractivity contribution in [1.29, 1.82) is 0 Å². The Bertz CT molecular complexity index is 646. The fraction of sp³-hybridized carbons (Fsp3) is 0.600. The molecule has 4 nitrogen and oxygen atoms in total. The first-order chi connectivity index (χ1) is 11.1. The predicted octanol–water partition coefficient (Wildman–Crippen LogP) is 2.76. The van der Waals surface area contributed by atoms with E-state index >= 15 is 0 Å². The maximum absolute atomic E-state index is 12.9. The van der Waals surface area contributed by atoms with Gasteiger partial charge in [-0.1, -0.05) is 0 Å². The molecule has 1 atom stereocenters. The Morgan fingerprint density at radius 3 is 2.42 bits per heavy atom. The molecular weight excluding hydrogens is 361 g/mol. The Labute approximate surface area is 145 Å². The van der Waals surface area contributed by atoms with Gasteiger partial charge in [0.1, 0.15) is 0 Å². The molecule has 9 heteroatoms. The van der Waals surface area contributed by atoms with Gasteiger partial charge in [0.15, 0.2) is 0 Å². The van der Waals surface area contributed by atoms with Gasteiger partial charge in [-0.25, -0.2) is 8.42 Å². The summed E-state index contributed by atoms with van der Waals surface area (Å²) in [6.45, 7) is 0.960. The third-order valence-corrected chi connectivity index (χ3v) is 6.91. The highest BCUT2D eigenvalue weighted by Gasteiger charge is 2.34. The molecule has 1 aromatic carbocycles. The monoisotopic (exact) mass is 382 g/mol. The molecule has 1 fully saturated rings. The van der Waals surface area contributed by atoms with Crippen molar-refractivity contribution in [1.82, 2.24) is 9.21 Å². The first-order valence-corrected chi connectivity index (χ1v) is 10.1. The molecule has 1 aromatic rings. The highest BCUT2D eigenvalue weighted by atomic mass is 32.2. The molecule has 0 saturated carbocycles. The Morgan fingerprint density at radius 2 is 1.88 bits per heavy atom. The predicted molar refractivity (Wildman–Crippen MR) is 89.6 cm³/mol. The zero-order chi connectivity index (χ0) is 18.0. The number of sulfonamides is 1. The first-order valence-electron chi connectivity index (χ1n) is 7.54. The summed E-state index contributed by atoms with van der Waals surface area (Å²) in [6, 6.07) is 3.53. The van der Waals surface area contributed by atoms with Crippen LogP contribution in [0.15, 0.2) is 29.2 Å². The van der Waals surface area contributed by atoms with Crippen LogP contribution >= 0.6 is 11.8 Å². The van der Waals surface area contributed by atoms with Crippen LogP contribution in [0.1, 0.15) is 12.0 Å². The number of rotatable bonds is 4. The molecule has 24 heavy (non-hydrogen) atoms. The maximum atomic E-state index is 12.9. The minimum atomic E-state index is -4.48. The number of thioether (sulfide) groups is 1. The van der Waals surface area contributed by atoms with E-state index in [9.17, 15) is 21.6 Å². The Kier molecular flexibility index (Phi) is 6.22. The van der Waals surface area contributed by atoms with Crippen LogP contribution in [0, 0.1) is 0 Å². The molecule has 0 amide bonds. The number of nitrogens with zero attached hydrogens (tertiary/aromatic N) is 2. The van der Waals surface area contributed by atoms with Gasteiger partial charge < -0.3 is 4.90 Å². The second-order valence-corrected chi connectivity index (χ2v) is 9.02. The summed E-state index contributed by atoms with van der Waals surface area (Å²) in [6.07, 6.45) is -3.75. The van der Waals surface area contributed by atoms with Gasteiger partial charge in [0.2, 0.25) is 10.0 Å². The fourth-order valence-electron chi connectivity index (χ4n) is 2.64. The van der Waals surface area contributed by atoms with Crippen molar-refractivity contribution >= 4 is 21.8 Å². The van der Waals surface area contributed by atoms with Crippen LogP contribution < -0.4 is 0 Å². The molecule has 0 spiro atoms. The van der Waals surface area contributed by atoms with Crippen molar-refractivity contribution in [2.75, 3.05) is 38.7 Å². The van der Waals surface area contributed by atoms with Crippen LogP contribution in [0.25, 0.3) is 0 Å². The molecule has 1 aliphatic rings. The van der Waals surface area contributed by atoms with Gasteiger partial charge in [-0.3, -0.25) is 0 Å². The van der Waals surface area contributed by atoms with Crippen molar-refractivity contribution < 1.29 is 21.6 Å². The quantitative estimate of drug-likeness (QED) is 0.803. The largest absolute Gasteiger partial charge is 0.416 e. The number of likely N-dealkylation sites (N-methyl/N-ethyl adjacent to an activating group) is 1. The Hall–Kier alpha value is -0.770. The topological polar surface area (TPSA) is 40.6 Å². The summed E-state index contributed by atoms with van der Waals surface area (Å²) in [5, 5.41) is 0. The minimum Gasteiger partial charge on any atom is -0.308 e. The van der Waals surface area contributed by atoms with Gasteiger partial charge in [-0.05, 0) is 50.5 Å². The lowest BCUT2D eigenvalue weighted by atomic mass is 10.2. The zero-order valence-electron chi connectivity index (χ0n) is 13.6. The second-order valence-electron chi connectivity index (χ2n) is 5.98. The van der Waals surface area contributed by atoms with E-state index in [4.69, 9.17) is 0 Å². The summed E-state index contributed by atoms with van der Waals surface area (Å²) in [7, 11) is -0.0694. The Morgan fingerprint density at radius 1 is 1.25 bits per heavy atom. The average Bonchev–Trinajstić information content (AvgIpc) is 2.71. The number of hydrogen-bond acceptors (Lipinski definition) is 4. The van der Waals surface area contributed by atoms with Crippen molar-refractivity contribution in [3.8, 4) is 0 Å². The summed E-state index contributed by atoms with van der Waals surface area (Å²) in [5.74, 6) is 1.56. The summed E-state index contributed by atoms with van der Waals surface area (Å²) >= 11 is 1.71. The summed E-state index contributed by atoms with van der Waals surface area (Å²) < 4.78 is 65.2. The summed E-state index contributed by atoms with van der Waals surface area (Å²) in [5.41, 5.74) is -0.849. The minimum absolute atomic E-state index is 0.0915. The van der Waals surface area contributed by atoms with E-state index in [2.05, 4.69) is 0 Å². The van der Waals surface area contributed by atoms with E-state index in [0.717, 1.165) is 36.4 Å². The van der Waals surface area contributed by atoms with Crippen LogP contribution in [0.5, 0.6) is 0 Å². The molecule has 0 aromatic heterocycles. The van der Waals surface area contributed by atoms with Crippen LogP contribution in [0.2, 0.25) is 0 Å². The Balaban J connectivity index is 2.32. The molecule has 0 radical (unpaired) electrons. The number of hydrogen-bond donors (Lipinski definition) is 0. The number of halogens is 3. The van der Waals surface area contributed by atoms with Crippen molar-refractivity contribution in [3.63, 3.8) is 0 Å². The third kappa shape index (κ3) is 4.65. The SMILES string of the molecule is CN(C)C[C@H]1CSCCCN1S(=O)(=O)c1ccc(C(F)(F)F)cc1. The van der Waals surface area contributed by atoms with Gasteiger partial charge in [0, 0.05) is 24.9 Å². The first kappa shape index (κ1) is 19.6. The van der Waals surface area contributed by atoms with Crippen molar-refractivity contribution in [2.24, 2.45) is 0 Å². The lowest BCUT2D eigenvalue weighted by Gasteiger charge is -2.30. The van der Waals surface area contributed by atoms with Gasteiger partial charge in [0.25, 0.3) is 0 Å². The number of benzene rings is 1. The second kappa shape index (κ2) is 7.63. The molecule has 0 bridgehead atoms. The van der Waals surface area contributed by atoms with E-state index in [1.165, 1.54) is 4.31 Å². The molecule has 1 saturated heterocycles. The number of alkyl halides is 3. The molecule has 136 valence electrons. The van der Waals surface area contributed by atoms with Crippen molar-refractivity contribution in [2.45, 2.75) is 23.5 Å². The van der Waals surface area contributed by atoms with Gasteiger partial charge >= 0.3 is 6.18 Å². The molecule has 0 N–H and O–H groups in total. The fourth-order valence-corrected chi connectivity index (χ4v) is 5.45. The van der Waals surface area contributed by atoms with E-state index in [1.807, 2.05) is 19.0 Å². The van der Waals surface area contributed by atoms with Gasteiger partial charge in [-0.2, -0.15) is 29.2 Å². The van der Waals surface area contributed by atoms with Gasteiger partial charge in [0.05, 0.1) is 10.5 Å².